The van der Waals surface area contributed by atoms with Gasteiger partial charge >= 0.3 is 6.03 Å². The Morgan fingerprint density at radius 1 is 1.00 bits per heavy atom. The van der Waals surface area contributed by atoms with Gasteiger partial charge in [0.25, 0.3) is 0 Å². The molecule has 8 heteroatoms. The average Bonchev–Trinajstić information content (AvgIpc) is 3.49. The molecule has 1 fully saturated rings. The zero-order chi connectivity index (χ0) is 23.7. The Bertz CT molecular complexity index is 1370. The van der Waals surface area contributed by atoms with Crippen molar-refractivity contribution < 1.29 is 9.59 Å². The molecule has 2 heterocycles. The summed E-state index contributed by atoms with van der Waals surface area (Å²) in [5.74, 6) is 0.0997. The molecule has 172 valence electrons. The van der Waals surface area contributed by atoms with Gasteiger partial charge in [0.05, 0.1) is 10.9 Å². The van der Waals surface area contributed by atoms with Gasteiger partial charge in [0, 0.05) is 29.2 Å². The topological polar surface area (TPSA) is 115 Å². The molecule has 1 saturated carbocycles. The number of aromatic nitrogens is 3. The van der Waals surface area contributed by atoms with E-state index in [9.17, 15) is 9.59 Å². The van der Waals surface area contributed by atoms with Crippen molar-refractivity contribution in [1.82, 2.24) is 14.5 Å². The number of nitrogens with two attached hydrogens (primary N) is 1. The van der Waals surface area contributed by atoms with Crippen molar-refractivity contribution in [3.8, 4) is 0 Å². The third-order valence-corrected chi connectivity index (χ3v) is 6.29. The fraction of sp³-hybridized carbons (Fsp3) is 0.231. The predicted molar refractivity (Wildman–Crippen MR) is 133 cm³/mol. The van der Waals surface area contributed by atoms with E-state index in [0.29, 0.717) is 39.6 Å². The van der Waals surface area contributed by atoms with Gasteiger partial charge in [0.1, 0.15) is 17.8 Å². The number of hydrogen-bond donors (Lipinski definition) is 3. The Morgan fingerprint density at radius 3 is 2.50 bits per heavy atom. The van der Waals surface area contributed by atoms with Crippen LogP contribution in [0.2, 0.25) is 0 Å². The zero-order valence-electron chi connectivity index (χ0n) is 18.9. The first kappa shape index (κ1) is 21.6. The first-order valence-corrected chi connectivity index (χ1v) is 11.4. The lowest BCUT2D eigenvalue weighted by molar-refractivity contribution is 0.104. The summed E-state index contributed by atoms with van der Waals surface area (Å²) in [4.78, 5) is 34.6. The molecule has 8 nitrogen and oxygen atoms in total. The zero-order valence-corrected chi connectivity index (χ0v) is 18.9. The summed E-state index contributed by atoms with van der Waals surface area (Å²) >= 11 is 0. The maximum atomic E-state index is 13.5. The molecule has 2 amide bonds. The number of amides is 2. The van der Waals surface area contributed by atoms with Crippen molar-refractivity contribution >= 4 is 40.0 Å². The Labute approximate surface area is 197 Å². The van der Waals surface area contributed by atoms with E-state index in [1.807, 2.05) is 37.4 Å². The first-order valence-electron chi connectivity index (χ1n) is 11.4. The van der Waals surface area contributed by atoms with E-state index in [1.54, 1.807) is 24.3 Å². The van der Waals surface area contributed by atoms with Crippen LogP contribution in [0.5, 0.6) is 0 Å². The Kier molecular flexibility index (Phi) is 5.71. The van der Waals surface area contributed by atoms with Crippen LogP contribution in [0, 0.1) is 6.92 Å². The number of fused-ring (bicyclic) bond motifs is 1. The van der Waals surface area contributed by atoms with Crippen LogP contribution in [0.1, 0.15) is 53.2 Å². The Balaban J connectivity index is 1.42. The second-order valence-corrected chi connectivity index (χ2v) is 8.70. The molecule has 1 aliphatic carbocycles. The molecule has 2 aromatic carbocycles. The molecule has 0 bridgehead atoms. The van der Waals surface area contributed by atoms with Gasteiger partial charge in [-0.3, -0.25) is 4.79 Å². The van der Waals surface area contributed by atoms with Crippen LogP contribution in [0.3, 0.4) is 0 Å². The minimum Gasteiger partial charge on any atom is -0.383 e. The molecule has 0 unspecified atom stereocenters. The Hall–Kier alpha value is -4.20. The molecule has 0 aliphatic heterocycles. The van der Waals surface area contributed by atoms with Crippen molar-refractivity contribution in [2.24, 2.45) is 0 Å². The SMILES string of the molecule is Cc1ccc(NC(=O)Nc2cccc(C(=O)c3cn(C4CCCC4)c4ncnc(N)c34)c2)cc1. The Morgan fingerprint density at radius 2 is 1.74 bits per heavy atom. The standard InChI is InChI=1S/C26H26N6O2/c1-16-9-11-18(12-10-16)30-26(34)31-19-6-4-5-17(13-19)23(33)21-14-32(20-7-2-3-8-20)25-22(21)24(27)28-15-29-25/h4-6,9-15,20H,2-3,7-8H2,1H3,(H2,27,28,29)(H2,30,31,34). The average molecular weight is 455 g/mol. The van der Waals surface area contributed by atoms with Gasteiger partial charge in [-0.1, -0.05) is 42.7 Å². The number of nitrogens with zero attached hydrogens (tertiary/aromatic N) is 3. The number of benzene rings is 2. The van der Waals surface area contributed by atoms with E-state index < -0.39 is 0 Å². The lowest BCUT2D eigenvalue weighted by Gasteiger charge is -2.12. The number of urea groups is 1. The summed E-state index contributed by atoms with van der Waals surface area (Å²) in [6, 6.07) is 14.3. The van der Waals surface area contributed by atoms with E-state index in [4.69, 9.17) is 5.73 Å². The van der Waals surface area contributed by atoms with Crippen molar-refractivity contribution in [2.45, 2.75) is 38.6 Å². The van der Waals surface area contributed by atoms with E-state index in [-0.39, 0.29) is 17.6 Å². The van der Waals surface area contributed by atoms with Gasteiger partial charge in [-0.05, 0) is 44.0 Å². The molecule has 1 aliphatic rings. The fourth-order valence-corrected chi connectivity index (χ4v) is 4.57. The summed E-state index contributed by atoms with van der Waals surface area (Å²) in [5.41, 5.74) is 10.1. The van der Waals surface area contributed by atoms with Crippen LogP contribution < -0.4 is 16.4 Å². The van der Waals surface area contributed by atoms with Crippen LogP contribution >= 0.6 is 0 Å². The number of aryl methyl sites for hydroxylation is 1. The van der Waals surface area contributed by atoms with Gasteiger partial charge in [-0.25, -0.2) is 14.8 Å². The van der Waals surface area contributed by atoms with Gasteiger partial charge in [-0.2, -0.15) is 0 Å². The normalized spacial score (nSPS) is 13.8. The van der Waals surface area contributed by atoms with E-state index in [2.05, 4.69) is 25.2 Å². The number of carbonyl (C=O) groups is 2. The van der Waals surface area contributed by atoms with Crippen LogP contribution in [0.25, 0.3) is 11.0 Å². The molecule has 0 saturated heterocycles. The van der Waals surface area contributed by atoms with Crippen LogP contribution in [-0.2, 0) is 0 Å². The highest BCUT2D eigenvalue weighted by molar-refractivity contribution is 6.18. The first-order chi connectivity index (χ1) is 16.5. The van der Waals surface area contributed by atoms with Gasteiger partial charge in [0.15, 0.2) is 5.78 Å². The van der Waals surface area contributed by atoms with E-state index in [1.165, 1.54) is 6.33 Å². The summed E-state index contributed by atoms with van der Waals surface area (Å²) in [6.07, 6.45) is 7.72. The van der Waals surface area contributed by atoms with Crippen LogP contribution in [-0.4, -0.2) is 26.3 Å². The van der Waals surface area contributed by atoms with Crippen molar-refractivity contribution in [1.29, 1.82) is 0 Å². The van der Waals surface area contributed by atoms with Crippen molar-refractivity contribution in [2.75, 3.05) is 16.4 Å². The highest BCUT2D eigenvalue weighted by Gasteiger charge is 2.25. The fourth-order valence-electron chi connectivity index (χ4n) is 4.57. The van der Waals surface area contributed by atoms with E-state index in [0.717, 1.165) is 31.2 Å². The number of carbonyl (C=O) groups excluding carboxylic acids is 2. The molecule has 5 rings (SSSR count). The molecule has 4 aromatic rings. The quantitative estimate of drug-likeness (QED) is 0.353. The second-order valence-electron chi connectivity index (χ2n) is 8.70. The highest BCUT2D eigenvalue weighted by atomic mass is 16.2. The van der Waals surface area contributed by atoms with Crippen molar-refractivity contribution in [3.05, 3.63) is 77.7 Å². The number of nitrogens with one attached hydrogen (secondary N) is 2. The van der Waals surface area contributed by atoms with Crippen LogP contribution in [0.4, 0.5) is 22.0 Å². The molecular weight excluding hydrogens is 428 g/mol. The molecule has 0 radical (unpaired) electrons. The van der Waals surface area contributed by atoms with Crippen molar-refractivity contribution in [3.63, 3.8) is 0 Å². The molecule has 2 aromatic heterocycles. The maximum Gasteiger partial charge on any atom is 0.323 e. The van der Waals surface area contributed by atoms with Crippen LogP contribution in [0.15, 0.2) is 61.1 Å². The van der Waals surface area contributed by atoms with Gasteiger partial charge in [-0.15, -0.1) is 0 Å². The number of hydrogen-bond acceptors (Lipinski definition) is 5. The molecule has 0 atom stereocenters. The monoisotopic (exact) mass is 454 g/mol. The molecule has 34 heavy (non-hydrogen) atoms. The minimum absolute atomic E-state index is 0.189. The largest absolute Gasteiger partial charge is 0.383 e. The van der Waals surface area contributed by atoms with Gasteiger partial charge < -0.3 is 20.9 Å². The summed E-state index contributed by atoms with van der Waals surface area (Å²) in [7, 11) is 0. The third kappa shape index (κ3) is 4.22. The lowest BCUT2D eigenvalue weighted by atomic mass is 10.0. The lowest BCUT2D eigenvalue weighted by Crippen LogP contribution is -2.19. The second kappa shape index (κ2) is 8.97. The summed E-state index contributed by atoms with van der Waals surface area (Å²) in [5, 5.41) is 6.16. The summed E-state index contributed by atoms with van der Waals surface area (Å²) < 4.78 is 2.07. The summed E-state index contributed by atoms with van der Waals surface area (Å²) in [6.45, 7) is 1.98. The molecule has 0 spiro atoms. The minimum atomic E-state index is -0.385. The third-order valence-electron chi connectivity index (χ3n) is 6.29. The van der Waals surface area contributed by atoms with E-state index >= 15 is 0 Å². The molecular formula is C26H26N6O2. The maximum absolute atomic E-state index is 13.5. The van der Waals surface area contributed by atoms with Gasteiger partial charge in [0.2, 0.25) is 0 Å². The highest BCUT2D eigenvalue weighted by Crippen LogP contribution is 2.35. The molecule has 4 N–H and O–H groups in total. The number of nitrogen functional groups attached to an aromatic ring is 1. The smallest absolute Gasteiger partial charge is 0.323 e. The number of ketones is 1. The number of anilines is 3. The number of rotatable bonds is 5. The predicted octanol–water partition coefficient (Wildman–Crippen LogP) is 5.31.